The molecule has 0 heterocycles. The molecule has 0 fully saturated rings. The SMILES string of the molecule is COc1cc2c(cc1OC)C(C[NH3+])C2. The molecule has 1 atom stereocenters. The summed E-state index contributed by atoms with van der Waals surface area (Å²) >= 11 is 0. The lowest BCUT2D eigenvalue weighted by atomic mass is 9.77. The van der Waals surface area contributed by atoms with E-state index in [9.17, 15) is 0 Å². The Morgan fingerprint density at radius 3 is 2.50 bits per heavy atom. The fourth-order valence-electron chi connectivity index (χ4n) is 2.00. The minimum absolute atomic E-state index is 0.616. The summed E-state index contributed by atoms with van der Waals surface area (Å²) < 4.78 is 10.5. The van der Waals surface area contributed by atoms with Crippen molar-refractivity contribution in [2.75, 3.05) is 20.8 Å². The van der Waals surface area contributed by atoms with Crippen LogP contribution in [0.1, 0.15) is 17.0 Å². The van der Waals surface area contributed by atoms with E-state index in [1.807, 2.05) is 0 Å². The maximum absolute atomic E-state index is 5.25. The van der Waals surface area contributed by atoms with Crippen LogP contribution in [-0.2, 0) is 6.42 Å². The molecule has 0 aromatic heterocycles. The highest BCUT2D eigenvalue weighted by atomic mass is 16.5. The summed E-state index contributed by atoms with van der Waals surface area (Å²) in [4.78, 5) is 0. The normalized spacial score (nSPS) is 18.4. The molecule has 2 rings (SSSR count). The van der Waals surface area contributed by atoms with Crippen LogP contribution in [0, 0.1) is 0 Å². The first kappa shape index (κ1) is 9.34. The van der Waals surface area contributed by atoms with Crippen LogP contribution in [0.2, 0.25) is 0 Å². The number of methoxy groups -OCH3 is 2. The molecule has 1 aliphatic rings. The van der Waals surface area contributed by atoms with E-state index < -0.39 is 0 Å². The van der Waals surface area contributed by atoms with Gasteiger partial charge in [-0.15, -0.1) is 0 Å². The lowest BCUT2D eigenvalue weighted by molar-refractivity contribution is -0.373. The third kappa shape index (κ3) is 1.24. The molecule has 3 nitrogen and oxygen atoms in total. The number of hydrogen-bond acceptors (Lipinski definition) is 2. The molecule has 0 saturated carbocycles. The van der Waals surface area contributed by atoms with Crippen molar-refractivity contribution < 1.29 is 15.2 Å². The van der Waals surface area contributed by atoms with E-state index in [1.165, 1.54) is 11.1 Å². The van der Waals surface area contributed by atoms with Crippen molar-refractivity contribution in [1.29, 1.82) is 0 Å². The molecule has 0 aliphatic heterocycles. The Morgan fingerprint density at radius 1 is 1.29 bits per heavy atom. The molecule has 3 N–H and O–H groups in total. The van der Waals surface area contributed by atoms with Gasteiger partial charge in [0.15, 0.2) is 11.5 Å². The quantitative estimate of drug-likeness (QED) is 0.765. The molecule has 1 unspecified atom stereocenters. The second-order valence-electron chi connectivity index (χ2n) is 3.60. The van der Waals surface area contributed by atoms with E-state index in [0.717, 1.165) is 24.5 Å². The van der Waals surface area contributed by atoms with Crippen LogP contribution in [0.15, 0.2) is 12.1 Å². The lowest BCUT2D eigenvalue weighted by Gasteiger charge is -2.28. The molecule has 1 aromatic rings. The zero-order valence-corrected chi connectivity index (χ0v) is 8.67. The minimum Gasteiger partial charge on any atom is -0.493 e. The maximum Gasteiger partial charge on any atom is 0.161 e. The summed E-state index contributed by atoms with van der Waals surface area (Å²) in [5, 5.41) is 0. The van der Waals surface area contributed by atoms with Gasteiger partial charge in [0.05, 0.1) is 20.8 Å². The summed E-state index contributed by atoms with van der Waals surface area (Å²) in [5.41, 5.74) is 6.68. The van der Waals surface area contributed by atoms with Crippen LogP contribution in [0.25, 0.3) is 0 Å². The van der Waals surface area contributed by atoms with Crippen molar-refractivity contribution in [3.63, 3.8) is 0 Å². The van der Waals surface area contributed by atoms with Crippen LogP contribution in [0.4, 0.5) is 0 Å². The summed E-state index contributed by atoms with van der Waals surface area (Å²) in [6.07, 6.45) is 1.12. The van der Waals surface area contributed by atoms with E-state index in [0.29, 0.717) is 5.92 Å². The van der Waals surface area contributed by atoms with E-state index in [-0.39, 0.29) is 0 Å². The summed E-state index contributed by atoms with van der Waals surface area (Å²) in [5.74, 6) is 2.27. The zero-order valence-electron chi connectivity index (χ0n) is 8.67. The van der Waals surface area contributed by atoms with Gasteiger partial charge in [0.25, 0.3) is 0 Å². The highest BCUT2D eigenvalue weighted by Gasteiger charge is 2.28. The molecule has 0 radical (unpaired) electrons. The molecule has 0 bridgehead atoms. The Bertz CT molecular complexity index is 349. The average Bonchev–Trinajstić information content (AvgIpc) is 2.20. The first-order valence-electron chi connectivity index (χ1n) is 4.84. The molecule has 0 amide bonds. The Kier molecular flexibility index (Phi) is 2.33. The van der Waals surface area contributed by atoms with Gasteiger partial charge in [0.1, 0.15) is 0 Å². The van der Waals surface area contributed by atoms with Crippen LogP contribution < -0.4 is 15.2 Å². The van der Waals surface area contributed by atoms with Crippen LogP contribution in [0.5, 0.6) is 11.5 Å². The number of hydrogen-bond donors (Lipinski definition) is 1. The van der Waals surface area contributed by atoms with E-state index >= 15 is 0 Å². The highest BCUT2D eigenvalue weighted by Crippen LogP contribution is 2.41. The Hall–Kier alpha value is -1.22. The van der Waals surface area contributed by atoms with Crippen molar-refractivity contribution in [3.05, 3.63) is 23.3 Å². The van der Waals surface area contributed by atoms with Crippen molar-refractivity contribution in [1.82, 2.24) is 0 Å². The predicted molar refractivity (Wildman–Crippen MR) is 53.7 cm³/mol. The van der Waals surface area contributed by atoms with E-state index in [2.05, 4.69) is 17.9 Å². The fraction of sp³-hybridized carbons (Fsp3) is 0.455. The smallest absolute Gasteiger partial charge is 0.161 e. The van der Waals surface area contributed by atoms with Gasteiger partial charge in [-0.3, -0.25) is 0 Å². The summed E-state index contributed by atoms with van der Waals surface area (Å²) in [6.45, 7) is 0.961. The molecule has 3 heteroatoms. The Morgan fingerprint density at radius 2 is 1.93 bits per heavy atom. The molecular formula is C11H16NO2+. The van der Waals surface area contributed by atoms with Crippen molar-refractivity contribution >= 4 is 0 Å². The monoisotopic (exact) mass is 194 g/mol. The van der Waals surface area contributed by atoms with Crippen molar-refractivity contribution in [2.45, 2.75) is 12.3 Å². The molecule has 1 aromatic carbocycles. The summed E-state index contributed by atoms with van der Waals surface area (Å²) in [7, 11) is 3.34. The summed E-state index contributed by atoms with van der Waals surface area (Å²) in [6, 6.07) is 4.15. The number of fused-ring (bicyclic) bond motifs is 1. The van der Waals surface area contributed by atoms with E-state index in [4.69, 9.17) is 9.47 Å². The molecule has 0 saturated heterocycles. The standard InChI is InChI=1S/C11H15NO2/c1-13-10-4-7-3-8(6-12)9(7)5-11(10)14-2/h4-5,8H,3,6,12H2,1-2H3/p+1. The maximum atomic E-state index is 5.25. The van der Waals surface area contributed by atoms with E-state index in [1.54, 1.807) is 14.2 Å². The van der Waals surface area contributed by atoms with Crippen LogP contribution >= 0.6 is 0 Å². The number of rotatable bonds is 3. The van der Waals surface area contributed by atoms with Crippen molar-refractivity contribution in [2.24, 2.45) is 0 Å². The number of benzene rings is 1. The second-order valence-corrected chi connectivity index (χ2v) is 3.60. The third-order valence-corrected chi connectivity index (χ3v) is 2.90. The predicted octanol–water partition coefficient (Wildman–Crippen LogP) is 0.585. The molecule has 76 valence electrons. The van der Waals surface area contributed by atoms with Gasteiger partial charge in [0.2, 0.25) is 0 Å². The first-order valence-corrected chi connectivity index (χ1v) is 4.84. The lowest BCUT2D eigenvalue weighted by Crippen LogP contribution is -2.54. The van der Waals surface area contributed by atoms with Gasteiger partial charge in [-0.05, 0) is 29.7 Å². The molecule has 1 aliphatic carbocycles. The zero-order chi connectivity index (χ0) is 10.1. The Labute approximate surface area is 83.8 Å². The molecule has 0 spiro atoms. The van der Waals surface area contributed by atoms with Gasteiger partial charge in [-0.25, -0.2) is 0 Å². The van der Waals surface area contributed by atoms with Gasteiger partial charge in [-0.1, -0.05) is 0 Å². The van der Waals surface area contributed by atoms with Gasteiger partial charge in [-0.2, -0.15) is 0 Å². The first-order chi connectivity index (χ1) is 6.80. The molecular weight excluding hydrogens is 178 g/mol. The number of ether oxygens (including phenoxy) is 2. The van der Waals surface area contributed by atoms with Crippen LogP contribution in [-0.4, -0.2) is 20.8 Å². The Balaban J connectivity index is 2.38. The fourth-order valence-corrected chi connectivity index (χ4v) is 2.00. The number of quaternary nitrogens is 1. The largest absolute Gasteiger partial charge is 0.493 e. The topological polar surface area (TPSA) is 46.1 Å². The van der Waals surface area contributed by atoms with Crippen molar-refractivity contribution in [3.8, 4) is 11.5 Å². The third-order valence-electron chi connectivity index (χ3n) is 2.90. The van der Waals surface area contributed by atoms with Gasteiger partial charge >= 0.3 is 0 Å². The molecule has 14 heavy (non-hydrogen) atoms. The van der Waals surface area contributed by atoms with Crippen LogP contribution in [0.3, 0.4) is 0 Å². The second kappa shape index (κ2) is 3.50. The van der Waals surface area contributed by atoms with Gasteiger partial charge in [0, 0.05) is 5.92 Å². The highest BCUT2D eigenvalue weighted by molar-refractivity contribution is 5.53. The minimum atomic E-state index is 0.616. The average molecular weight is 194 g/mol. The van der Waals surface area contributed by atoms with Gasteiger partial charge < -0.3 is 15.2 Å².